The first-order valence-electron chi connectivity index (χ1n) is 4.02. The highest BCUT2D eigenvalue weighted by Gasteiger charge is 2.15. The van der Waals surface area contributed by atoms with Crippen molar-refractivity contribution >= 4 is 11.9 Å². The van der Waals surface area contributed by atoms with Gasteiger partial charge in [0.05, 0.1) is 19.9 Å². The van der Waals surface area contributed by atoms with Gasteiger partial charge in [-0.05, 0) is 6.92 Å². The van der Waals surface area contributed by atoms with E-state index in [0.29, 0.717) is 0 Å². The minimum absolute atomic E-state index is 0.0508. The molecule has 0 saturated carbocycles. The lowest BCUT2D eigenvalue weighted by atomic mass is 10.3. The molecule has 0 radical (unpaired) electrons. The maximum Gasteiger partial charge on any atom is 0.345 e. The Hall–Kier alpha value is -1.85. The van der Waals surface area contributed by atoms with Gasteiger partial charge in [-0.2, -0.15) is 4.98 Å². The first-order valence-corrected chi connectivity index (χ1v) is 4.02. The van der Waals surface area contributed by atoms with E-state index in [1.807, 2.05) is 0 Å². The Morgan fingerprint density at radius 3 is 2.93 bits per heavy atom. The average molecular weight is 197 g/mol. The van der Waals surface area contributed by atoms with Crippen molar-refractivity contribution in [1.29, 1.82) is 0 Å². The Balaban J connectivity index is 3.01. The summed E-state index contributed by atoms with van der Waals surface area (Å²) in [6.45, 7) is 1.99. The van der Waals surface area contributed by atoms with Gasteiger partial charge in [0.15, 0.2) is 0 Å². The van der Waals surface area contributed by atoms with E-state index in [2.05, 4.69) is 9.97 Å². The fourth-order valence-corrected chi connectivity index (χ4v) is 0.883. The van der Waals surface area contributed by atoms with Crippen molar-refractivity contribution in [3.05, 3.63) is 11.8 Å². The van der Waals surface area contributed by atoms with Crippen LogP contribution in [0, 0.1) is 0 Å². The van der Waals surface area contributed by atoms with Gasteiger partial charge in [-0.3, -0.25) is 0 Å². The molecule has 1 heterocycles. The summed E-state index contributed by atoms with van der Waals surface area (Å²) in [6.07, 6.45) is 1.28. The second-order valence-electron chi connectivity index (χ2n) is 2.37. The van der Waals surface area contributed by atoms with Gasteiger partial charge in [0.25, 0.3) is 0 Å². The third kappa shape index (κ3) is 2.09. The Labute approximate surface area is 81.1 Å². The van der Waals surface area contributed by atoms with E-state index in [4.69, 9.17) is 15.2 Å². The first-order chi connectivity index (χ1) is 6.69. The number of ether oxygens (including phenoxy) is 2. The highest BCUT2D eigenvalue weighted by Crippen LogP contribution is 2.15. The molecule has 0 amide bonds. The van der Waals surface area contributed by atoms with E-state index in [1.165, 1.54) is 13.3 Å². The molecule has 1 rings (SSSR count). The lowest BCUT2D eigenvalue weighted by Gasteiger charge is -2.05. The van der Waals surface area contributed by atoms with Crippen LogP contribution in [-0.4, -0.2) is 29.7 Å². The molecule has 0 aliphatic heterocycles. The summed E-state index contributed by atoms with van der Waals surface area (Å²) in [5, 5.41) is 0. The SMILES string of the molecule is CCOC(=O)c1cnc(N)nc1OC. The molecule has 1 aromatic heterocycles. The minimum atomic E-state index is -0.524. The molecule has 0 saturated heterocycles. The number of rotatable bonds is 3. The highest BCUT2D eigenvalue weighted by atomic mass is 16.5. The number of nitrogens with zero attached hydrogens (tertiary/aromatic N) is 2. The lowest BCUT2D eigenvalue weighted by molar-refractivity contribution is 0.0521. The maximum absolute atomic E-state index is 11.3. The van der Waals surface area contributed by atoms with E-state index in [-0.39, 0.29) is 24.0 Å². The third-order valence-electron chi connectivity index (χ3n) is 1.46. The fourth-order valence-electron chi connectivity index (χ4n) is 0.883. The molecule has 0 aliphatic rings. The normalized spacial score (nSPS) is 9.57. The van der Waals surface area contributed by atoms with E-state index < -0.39 is 5.97 Å². The number of esters is 1. The summed E-state index contributed by atoms with van der Waals surface area (Å²) in [4.78, 5) is 18.7. The van der Waals surface area contributed by atoms with Crippen LogP contribution in [0.15, 0.2) is 6.20 Å². The van der Waals surface area contributed by atoms with Crippen molar-refractivity contribution < 1.29 is 14.3 Å². The number of methoxy groups -OCH3 is 1. The zero-order chi connectivity index (χ0) is 10.6. The highest BCUT2D eigenvalue weighted by molar-refractivity contribution is 5.91. The van der Waals surface area contributed by atoms with Crippen molar-refractivity contribution in [3.8, 4) is 5.88 Å². The molecule has 2 N–H and O–H groups in total. The number of nitrogens with two attached hydrogens (primary N) is 1. The van der Waals surface area contributed by atoms with Gasteiger partial charge in [-0.25, -0.2) is 9.78 Å². The van der Waals surface area contributed by atoms with Gasteiger partial charge in [0.1, 0.15) is 5.56 Å². The number of hydrogen-bond acceptors (Lipinski definition) is 6. The summed E-state index contributed by atoms with van der Waals surface area (Å²) in [7, 11) is 1.39. The zero-order valence-electron chi connectivity index (χ0n) is 7.98. The monoisotopic (exact) mass is 197 g/mol. The quantitative estimate of drug-likeness (QED) is 0.698. The van der Waals surface area contributed by atoms with Crippen LogP contribution in [0.1, 0.15) is 17.3 Å². The van der Waals surface area contributed by atoms with E-state index in [0.717, 1.165) is 0 Å². The number of anilines is 1. The summed E-state index contributed by atoms with van der Waals surface area (Å²) in [6, 6.07) is 0. The van der Waals surface area contributed by atoms with E-state index in [1.54, 1.807) is 6.92 Å². The summed E-state index contributed by atoms with van der Waals surface area (Å²) >= 11 is 0. The summed E-state index contributed by atoms with van der Waals surface area (Å²) in [5.74, 6) is -0.352. The van der Waals surface area contributed by atoms with Crippen LogP contribution >= 0.6 is 0 Å². The molecule has 6 heteroatoms. The van der Waals surface area contributed by atoms with Crippen molar-refractivity contribution in [3.63, 3.8) is 0 Å². The topological polar surface area (TPSA) is 87.3 Å². The molecule has 0 unspecified atom stereocenters. The number of nitrogen functional groups attached to an aromatic ring is 1. The molecular weight excluding hydrogens is 186 g/mol. The van der Waals surface area contributed by atoms with E-state index in [9.17, 15) is 4.79 Å². The van der Waals surface area contributed by atoms with Crippen LogP contribution in [0.5, 0.6) is 5.88 Å². The van der Waals surface area contributed by atoms with Crippen LogP contribution < -0.4 is 10.5 Å². The van der Waals surface area contributed by atoms with Gasteiger partial charge >= 0.3 is 5.97 Å². The molecule has 0 aromatic carbocycles. The number of carbonyl (C=O) groups excluding carboxylic acids is 1. The van der Waals surface area contributed by atoms with Gasteiger partial charge < -0.3 is 15.2 Å². The number of hydrogen-bond donors (Lipinski definition) is 1. The maximum atomic E-state index is 11.3. The first kappa shape index (κ1) is 10.2. The van der Waals surface area contributed by atoms with Crippen molar-refractivity contribution in [2.24, 2.45) is 0 Å². The molecule has 76 valence electrons. The number of carbonyl (C=O) groups is 1. The molecule has 6 nitrogen and oxygen atoms in total. The zero-order valence-corrected chi connectivity index (χ0v) is 7.98. The van der Waals surface area contributed by atoms with Crippen molar-refractivity contribution in [2.75, 3.05) is 19.5 Å². The fraction of sp³-hybridized carbons (Fsp3) is 0.375. The van der Waals surface area contributed by atoms with Gasteiger partial charge in [0, 0.05) is 0 Å². The molecule has 0 aliphatic carbocycles. The molecular formula is C8H11N3O3. The standard InChI is InChI=1S/C8H11N3O3/c1-3-14-7(12)5-4-10-8(9)11-6(5)13-2/h4H,3H2,1-2H3,(H2,9,10,11). The van der Waals surface area contributed by atoms with Crippen LogP contribution in [0.25, 0.3) is 0 Å². The van der Waals surface area contributed by atoms with Crippen molar-refractivity contribution in [1.82, 2.24) is 9.97 Å². The van der Waals surface area contributed by atoms with Crippen LogP contribution in [-0.2, 0) is 4.74 Å². The predicted molar refractivity (Wildman–Crippen MR) is 49.0 cm³/mol. The Kier molecular flexibility index (Phi) is 3.22. The van der Waals surface area contributed by atoms with Gasteiger partial charge in [-0.15, -0.1) is 0 Å². The Morgan fingerprint density at radius 1 is 1.64 bits per heavy atom. The smallest absolute Gasteiger partial charge is 0.345 e. The lowest BCUT2D eigenvalue weighted by Crippen LogP contribution is -2.09. The van der Waals surface area contributed by atoms with Crippen LogP contribution in [0.3, 0.4) is 0 Å². The van der Waals surface area contributed by atoms with Crippen LogP contribution in [0.4, 0.5) is 5.95 Å². The molecule has 14 heavy (non-hydrogen) atoms. The molecule has 0 spiro atoms. The molecule has 0 atom stereocenters. The predicted octanol–water partition coefficient (Wildman–Crippen LogP) is 0.244. The Bertz CT molecular complexity index is 341. The molecule has 0 bridgehead atoms. The summed E-state index contributed by atoms with van der Waals surface area (Å²) in [5.41, 5.74) is 5.49. The largest absolute Gasteiger partial charge is 0.480 e. The molecule has 0 fully saturated rings. The van der Waals surface area contributed by atoms with Crippen LogP contribution in [0.2, 0.25) is 0 Å². The average Bonchev–Trinajstić information content (AvgIpc) is 2.17. The second-order valence-corrected chi connectivity index (χ2v) is 2.37. The van der Waals surface area contributed by atoms with E-state index >= 15 is 0 Å². The summed E-state index contributed by atoms with van der Waals surface area (Å²) < 4.78 is 9.63. The van der Waals surface area contributed by atoms with Gasteiger partial charge in [0.2, 0.25) is 11.8 Å². The van der Waals surface area contributed by atoms with Crippen molar-refractivity contribution in [2.45, 2.75) is 6.92 Å². The number of aromatic nitrogens is 2. The third-order valence-corrected chi connectivity index (χ3v) is 1.46. The minimum Gasteiger partial charge on any atom is -0.480 e. The molecule has 1 aromatic rings. The Morgan fingerprint density at radius 2 is 2.36 bits per heavy atom. The second kappa shape index (κ2) is 4.40. The van der Waals surface area contributed by atoms with Gasteiger partial charge in [-0.1, -0.05) is 0 Å².